The van der Waals surface area contributed by atoms with Gasteiger partial charge in [0.2, 0.25) is 5.75 Å². The molecule has 5 aromatic rings. The first-order chi connectivity index (χ1) is 28.3. The molecule has 5 rings (SSSR count). The van der Waals surface area contributed by atoms with Crippen molar-refractivity contribution < 1.29 is 14.2 Å². The van der Waals surface area contributed by atoms with Gasteiger partial charge in [-0.05, 0) is 135 Å². The average Bonchev–Trinajstić information content (AvgIpc) is 3.05. The van der Waals surface area contributed by atoms with Gasteiger partial charge < -0.3 is 19.2 Å². The van der Waals surface area contributed by atoms with Gasteiger partial charge in [-0.2, -0.15) is 0 Å². The third-order valence-corrected chi connectivity index (χ3v) is 10.3. The molecular formula is C57H79NO4. The molecule has 62 heavy (non-hydrogen) atoms. The second-order valence-electron chi connectivity index (χ2n) is 25.3. The van der Waals surface area contributed by atoms with E-state index in [9.17, 15) is 4.79 Å². The Hall–Kier alpha value is -4.51. The number of hydrogen-bond acceptors (Lipinski definition) is 4. The number of fused-ring (bicyclic) bond motifs is 1. The van der Waals surface area contributed by atoms with Gasteiger partial charge in [-0.15, -0.1) is 0 Å². The molecule has 0 aliphatic heterocycles. The molecule has 1 N–H and O–H groups in total. The Balaban J connectivity index is 1.79. The predicted molar refractivity (Wildman–Crippen MR) is 263 cm³/mol. The largest absolute Gasteiger partial charge is 0.456 e. The number of rotatable bonds is 12. The number of ether oxygens (including phenoxy) is 3. The maximum Gasteiger partial charge on any atom is 0.295 e. The second kappa shape index (κ2) is 17.9. The molecule has 4 aromatic carbocycles. The van der Waals surface area contributed by atoms with Crippen LogP contribution >= 0.6 is 0 Å². The van der Waals surface area contributed by atoms with E-state index in [2.05, 4.69) is 178 Å². The van der Waals surface area contributed by atoms with E-state index in [1.54, 1.807) is 0 Å². The van der Waals surface area contributed by atoms with Crippen molar-refractivity contribution in [1.29, 1.82) is 0 Å². The SMILES string of the molecule is CC(C)(C)Cc1ccc(Oc2c(Oc3ccc(CC(C)(C)C)cc3CC(C)(C)C)c3c(Oc4ccc(CC(C)(C)C)cc4CC(C)(C)C)cccc3[nH]c2=O)c(CC(C)(C)C)c1. The molecule has 0 aliphatic carbocycles. The first-order valence-electron chi connectivity index (χ1n) is 22.9. The second-order valence-corrected chi connectivity index (χ2v) is 25.3. The van der Waals surface area contributed by atoms with Gasteiger partial charge >= 0.3 is 0 Å². The highest BCUT2D eigenvalue weighted by Crippen LogP contribution is 2.46. The fourth-order valence-corrected chi connectivity index (χ4v) is 8.37. The number of benzene rings is 4. The quantitative estimate of drug-likeness (QED) is 0.136. The molecular weight excluding hydrogens is 763 g/mol. The molecule has 336 valence electrons. The number of aromatic amines is 1. The molecule has 1 heterocycles. The highest BCUT2D eigenvalue weighted by molar-refractivity contribution is 5.93. The maximum atomic E-state index is 14.6. The molecule has 0 unspecified atom stereocenters. The summed E-state index contributed by atoms with van der Waals surface area (Å²) < 4.78 is 21.2. The zero-order valence-corrected chi connectivity index (χ0v) is 41.8. The standard InChI is InChI=1S/C57H79NO4/c1-52(2,3)31-37-22-25-44(40(28-37)34-55(10,11)12)60-47-21-19-20-43-48(47)49(61-45-26-23-38(32-53(4,5)6)29-41(45)35-56(13,14)15)50(51(59)58-43)62-46-27-24-39(33-54(7,8)9)30-42(46)36-57(16,17)18/h19-30H,31-36H2,1-18H3,(H,58,59). The first kappa shape index (κ1) is 48.5. The van der Waals surface area contributed by atoms with Crippen LogP contribution in [0.3, 0.4) is 0 Å². The third kappa shape index (κ3) is 14.5. The van der Waals surface area contributed by atoms with Gasteiger partial charge in [0, 0.05) is 0 Å². The molecule has 0 spiro atoms. The fourth-order valence-electron chi connectivity index (χ4n) is 8.37. The van der Waals surface area contributed by atoms with Crippen LogP contribution in [0.4, 0.5) is 0 Å². The summed E-state index contributed by atoms with van der Waals surface area (Å²) in [5.74, 6) is 3.13. The third-order valence-electron chi connectivity index (χ3n) is 10.3. The van der Waals surface area contributed by atoms with Crippen LogP contribution in [0, 0.1) is 32.5 Å². The van der Waals surface area contributed by atoms with E-state index < -0.39 is 0 Å². The Kier molecular flexibility index (Phi) is 14.0. The zero-order chi connectivity index (χ0) is 46.2. The molecule has 5 nitrogen and oxygen atoms in total. The summed E-state index contributed by atoms with van der Waals surface area (Å²) in [6.07, 6.45) is 5.19. The van der Waals surface area contributed by atoms with E-state index >= 15 is 0 Å². The van der Waals surface area contributed by atoms with E-state index in [0.717, 1.165) is 61.0 Å². The van der Waals surface area contributed by atoms with Crippen molar-refractivity contribution >= 4 is 10.9 Å². The lowest BCUT2D eigenvalue weighted by molar-refractivity contribution is 0.377. The van der Waals surface area contributed by atoms with E-state index in [0.29, 0.717) is 33.9 Å². The maximum absolute atomic E-state index is 14.6. The van der Waals surface area contributed by atoms with Crippen molar-refractivity contribution in [2.45, 2.75) is 163 Å². The summed E-state index contributed by atoms with van der Waals surface area (Å²) in [4.78, 5) is 17.7. The minimum atomic E-state index is -0.369. The molecule has 5 heteroatoms. The van der Waals surface area contributed by atoms with Crippen LogP contribution in [-0.4, -0.2) is 4.98 Å². The Morgan fingerprint density at radius 3 is 1.08 bits per heavy atom. The predicted octanol–water partition coefficient (Wildman–Crippen LogP) is 16.4. The van der Waals surface area contributed by atoms with E-state index in [4.69, 9.17) is 14.2 Å². The van der Waals surface area contributed by atoms with Crippen molar-refractivity contribution in [1.82, 2.24) is 4.98 Å². The van der Waals surface area contributed by atoms with Crippen molar-refractivity contribution in [2.24, 2.45) is 32.5 Å². The van der Waals surface area contributed by atoms with Crippen LogP contribution in [-0.2, 0) is 38.5 Å². The topological polar surface area (TPSA) is 60.6 Å². The van der Waals surface area contributed by atoms with Gasteiger partial charge in [0.1, 0.15) is 23.0 Å². The van der Waals surface area contributed by atoms with E-state index in [1.807, 2.05) is 24.3 Å². The lowest BCUT2D eigenvalue weighted by Gasteiger charge is -2.25. The summed E-state index contributed by atoms with van der Waals surface area (Å²) in [7, 11) is 0. The minimum Gasteiger partial charge on any atom is -0.456 e. The molecule has 0 saturated carbocycles. The van der Waals surface area contributed by atoms with Crippen LogP contribution in [0.2, 0.25) is 0 Å². The summed E-state index contributed by atoms with van der Waals surface area (Å²) >= 11 is 0. The van der Waals surface area contributed by atoms with Crippen molar-refractivity contribution in [3.63, 3.8) is 0 Å². The van der Waals surface area contributed by atoms with Crippen LogP contribution in [0.15, 0.2) is 77.6 Å². The summed E-state index contributed by atoms with van der Waals surface area (Å²) in [6, 6.07) is 25.3. The van der Waals surface area contributed by atoms with Gasteiger partial charge in [0.25, 0.3) is 5.56 Å². The Labute approximate surface area is 375 Å². The number of H-pyrrole nitrogens is 1. The minimum absolute atomic E-state index is 0.0214. The molecule has 0 radical (unpaired) electrons. The molecule has 0 atom stereocenters. The van der Waals surface area contributed by atoms with Gasteiger partial charge in [-0.3, -0.25) is 4.79 Å². The van der Waals surface area contributed by atoms with Crippen molar-refractivity contribution in [3.8, 4) is 34.5 Å². The van der Waals surface area contributed by atoms with Gasteiger partial charge in [0.05, 0.1) is 10.9 Å². The highest BCUT2D eigenvalue weighted by atomic mass is 16.5. The van der Waals surface area contributed by atoms with Crippen molar-refractivity contribution in [2.75, 3.05) is 0 Å². The van der Waals surface area contributed by atoms with E-state index in [1.165, 1.54) is 16.7 Å². The summed E-state index contributed by atoms with van der Waals surface area (Å²) in [6.45, 7) is 40.6. The Morgan fingerprint density at radius 1 is 0.387 bits per heavy atom. The van der Waals surface area contributed by atoms with Crippen LogP contribution in [0.1, 0.15) is 158 Å². The van der Waals surface area contributed by atoms with Gasteiger partial charge in [-0.1, -0.05) is 167 Å². The number of hydrogen-bond donors (Lipinski definition) is 1. The van der Waals surface area contributed by atoms with Crippen LogP contribution in [0.25, 0.3) is 10.9 Å². The Bertz CT molecular complexity index is 2410. The zero-order valence-electron chi connectivity index (χ0n) is 41.8. The number of aromatic nitrogens is 1. The highest BCUT2D eigenvalue weighted by Gasteiger charge is 2.27. The van der Waals surface area contributed by atoms with Crippen molar-refractivity contribution in [3.05, 3.63) is 117 Å². The Morgan fingerprint density at radius 2 is 0.726 bits per heavy atom. The average molecular weight is 842 g/mol. The monoisotopic (exact) mass is 842 g/mol. The smallest absolute Gasteiger partial charge is 0.295 e. The summed E-state index contributed by atoms with van der Waals surface area (Å²) in [5, 5.41) is 0.643. The van der Waals surface area contributed by atoms with Crippen LogP contribution in [0.5, 0.6) is 34.5 Å². The molecule has 0 bridgehead atoms. The first-order valence-corrected chi connectivity index (χ1v) is 22.9. The molecule has 0 saturated heterocycles. The fraction of sp³-hybridized carbons (Fsp3) is 0.526. The molecule has 0 fully saturated rings. The molecule has 0 aliphatic rings. The lowest BCUT2D eigenvalue weighted by Crippen LogP contribution is -2.15. The molecule has 1 aromatic heterocycles. The number of nitrogens with one attached hydrogen (secondary N) is 1. The molecule has 0 amide bonds. The van der Waals surface area contributed by atoms with Crippen LogP contribution < -0.4 is 19.8 Å². The lowest BCUT2D eigenvalue weighted by atomic mass is 9.84. The normalized spacial score (nSPS) is 13.1. The summed E-state index contributed by atoms with van der Waals surface area (Å²) in [5.41, 5.74) is 7.62. The van der Waals surface area contributed by atoms with Gasteiger partial charge in [0.15, 0.2) is 5.75 Å². The van der Waals surface area contributed by atoms with E-state index in [-0.39, 0.29) is 43.8 Å². The number of pyridine rings is 1. The van der Waals surface area contributed by atoms with Gasteiger partial charge in [-0.25, -0.2) is 0 Å².